The third-order valence-corrected chi connectivity index (χ3v) is 4.74. The molecule has 0 bridgehead atoms. The molecule has 0 unspecified atom stereocenters. The quantitative estimate of drug-likeness (QED) is 0.410. The van der Waals surface area contributed by atoms with E-state index in [1.165, 1.54) is 17.7 Å². The number of nitrogens with zero attached hydrogens (tertiary/aromatic N) is 2. The predicted molar refractivity (Wildman–Crippen MR) is 107 cm³/mol. The lowest BCUT2D eigenvalue weighted by Gasteiger charge is -2.19. The number of rotatable bonds is 5. The Bertz CT molecular complexity index is 719. The van der Waals surface area contributed by atoms with Gasteiger partial charge in [0.15, 0.2) is 5.96 Å². The number of benzene rings is 1. The van der Waals surface area contributed by atoms with Crippen molar-refractivity contribution in [3.05, 3.63) is 52.7 Å². The average molecular weight is 458 g/mol. The summed E-state index contributed by atoms with van der Waals surface area (Å²) in [5.74, 6) is 1.36. The SMILES string of the molecule is CN=C(NCc1c(C)noc1C)NCC1(c2ccc(F)cc2)CC1.I. The van der Waals surface area contributed by atoms with Crippen molar-refractivity contribution in [2.75, 3.05) is 13.6 Å². The highest BCUT2D eigenvalue weighted by Gasteiger charge is 2.44. The first-order valence-electron chi connectivity index (χ1n) is 8.16. The number of nitrogens with one attached hydrogen (secondary N) is 2. The zero-order valence-electron chi connectivity index (χ0n) is 14.7. The molecule has 2 N–H and O–H groups in total. The first kappa shape index (κ1) is 19.7. The highest BCUT2D eigenvalue weighted by atomic mass is 127. The smallest absolute Gasteiger partial charge is 0.191 e. The zero-order chi connectivity index (χ0) is 17.2. The Hall–Kier alpha value is -1.64. The van der Waals surface area contributed by atoms with Crippen molar-refractivity contribution in [1.82, 2.24) is 15.8 Å². The average Bonchev–Trinajstić information content (AvgIpc) is 3.30. The van der Waals surface area contributed by atoms with Crippen LogP contribution in [0.1, 0.15) is 35.4 Å². The highest BCUT2D eigenvalue weighted by molar-refractivity contribution is 14.0. The maximum Gasteiger partial charge on any atom is 0.191 e. The van der Waals surface area contributed by atoms with Crippen LogP contribution in [0, 0.1) is 19.7 Å². The van der Waals surface area contributed by atoms with E-state index in [2.05, 4.69) is 20.8 Å². The molecule has 0 amide bonds. The topological polar surface area (TPSA) is 62.5 Å². The third-order valence-electron chi connectivity index (χ3n) is 4.74. The van der Waals surface area contributed by atoms with Gasteiger partial charge in [-0.05, 0) is 44.4 Å². The van der Waals surface area contributed by atoms with Gasteiger partial charge in [-0.15, -0.1) is 24.0 Å². The number of guanidine groups is 1. The van der Waals surface area contributed by atoms with Gasteiger partial charge >= 0.3 is 0 Å². The van der Waals surface area contributed by atoms with Crippen molar-refractivity contribution in [3.63, 3.8) is 0 Å². The van der Waals surface area contributed by atoms with E-state index in [0.717, 1.165) is 42.4 Å². The molecule has 0 aliphatic heterocycles. The molecule has 1 aromatic carbocycles. The summed E-state index contributed by atoms with van der Waals surface area (Å²) in [6.07, 6.45) is 2.21. The van der Waals surface area contributed by atoms with Crippen LogP contribution < -0.4 is 10.6 Å². The van der Waals surface area contributed by atoms with Gasteiger partial charge in [0.25, 0.3) is 0 Å². The van der Waals surface area contributed by atoms with Gasteiger partial charge in [0.1, 0.15) is 11.6 Å². The van der Waals surface area contributed by atoms with Crippen molar-refractivity contribution in [3.8, 4) is 0 Å². The fraction of sp³-hybridized carbons (Fsp3) is 0.444. The molecule has 0 radical (unpaired) electrons. The number of hydrogen-bond acceptors (Lipinski definition) is 3. The molecule has 3 rings (SSSR count). The minimum Gasteiger partial charge on any atom is -0.361 e. The molecule has 5 nitrogen and oxygen atoms in total. The number of halogens is 2. The largest absolute Gasteiger partial charge is 0.361 e. The lowest BCUT2D eigenvalue weighted by Crippen LogP contribution is -2.41. The van der Waals surface area contributed by atoms with Gasteiger partial charge in [-0.2, -0.15) is 0 Å². The Morgan fingerprint density at radius 3 is 2.44 bits per heavy atom. The Labute approximate surface area is 164 Å². The zero-order valence-corrected chi connectivity index (χ0v) is 17.1. The Morgan fingerprint density at radius 2 is 1.92 bits per heavy atom. The van der Waals surface area contributed by atoms with E-state index in [1.807, 2.05) is 26.0 Å². The van der Waals surface area contributed by atoms with Crippen molar-refractivity contribution in [1.29, 1.82) is 0 Å². The summed E-state index contributed by atoms with van der Waals surface area (Å²) in [4.78, 5) is 4.27. The monoisotopic (exact) mass is 458 g/mol. The lowest BCUT2D eigenvalue weighted by atomic mass is 9.96. The molecule has 1 fully saturated rings. The molecule has 0 spiro atoms. The van der Waals surface area contributed by atoms with E-state index in [0.29, 0.717) is 6.54 Å². The van der Waals surface area contributed by atoms with E-state index in [4.69, 9.17) is 4.52 Å². The lowest BCUT2D eigenvalue weighted by molar-refractivity contribution is 0.392. The Balaban J connectivity index is 0.00000225. The maximum atomic E-state index is 13.1. The van der Waals surface area contributed by atoms with Crippen LogP contribution in [0.4, 0.5) is 4.39 Å². The van der Waals surface area contributed by atoms with Crippen LogP contribution >= 0.6 is 24.0 Å². The molecule has 1 saturated carbocycles. The standard InChI is InChI=1S/C18H23FN4O.HI/c1-12-16(13(2)24-23-12)10-21-17(20-3)22-11-18(8-9-18)14-4-6-15(19)7-5-14;/h4-7H,8-11H2,1-3H3,(H2,20,21,22);1H. The second-order valence-electron chi connectivity index (χ2n) is 6.37. The van der Waals surface area contributed by atoms with Crippen LogP contribution in [0.3, 0.4) is 0 Å². The second kappa shape index (κ2) is 8.16. The predicted octanol–water partition coefficient (Wildman–Crippen LogP) is 3.45. The summed E-state index contributed by atoms with van der Waals surface area (Å²) in [5.41, 5.74) is 3.21. The first-order chi connectivity index (χ1) is 11.5. The molecule has 0 atom stereocenters. The molecule has 0 saturated heterocycles. The van der Waals surface area contributed by atoms with Crippen molar-refractivity contribution < 1.29 is 8.91 Å². The summed E-state index contributed by atoms with van der Waals surface area (Å²) in [6.45, 7) is 5.22. The van der Waals surface area contributed by atoms with Gasteiger partial charge < -0.3 is 15.2 Å². The van der Waals surface area contributed by atoms with Gasteiger partial charge in [-0.1, -0.05) is 17.3 Å². The minimum atomic E-state index is -0.195. The molecule has 136 valence electrons. The molecular formula is C18H24FIN4O. The second-order valence-corrected chi connectivity index (χ2v) is 6.37. The molecule has 2 aromatic rings. The third kappa shape index (κ3) is 4.50. The number of aliphatic imine (C=N–C) groups is 1. The first-order valence-corrected chi connectivity index (χ1v) is 8.16. The summed E-state index contributed by atoms with van der Waals surface area (Å²) < 4.78 is 18.3. The molecule has 7 heteroatoms. The van der Waals surface area contributed by atoms with Crippen molar-refractivity contribution in [2.24, 2.45) is 4.99 Å². The van der Waals surface area contributed by atoms with Gasteiger partial charge in [-0.25, -0.2) is 4.39 Å². The number of aromatic nitrogens is 1. The van der Waals surface area contributed by atoms with Crippen LogP contribution in [0.25, 0.3) is 0 Å². The molecule has 1 heterocycles. The van der Waals surface area contributed by atoms with Gasteiger partial charge in [0.2, 0.25) is 0 Å². The summed E-state index contributed by atoms with van der Waals surface area (Å²) in [6, 6.07) is 6.81. The minimum absolute atomic E-state index is 0. The van der Waals surface area contributed by atoms with Crippen LogP contribution in [-0.2, 0) is 12.0 Å². The fourth-order valence-electron chi connectivity index (χ4n) is 2.92. The fourth-order valence-corrected chi connectivity index (χ4v) is 2.92. The van der Waals surface area contributed by atoms with E-state index < -0.39 is 0 Å². The number of hydrogen-bond donors (Lipinski definition) is 2. The van der Waals surface area contributed by atoms with Crippen LogP contribution in [0.2, 0.25) is 0 Å². The summed E-state index contributed by atoms with van der Waals surface area (Å²) in [7, 11) is 1.75. The molecular weight excluding hydrogens is 434 g/mol. The van der Waals surface area contributed by atoms with E-state index in [-0.39, 0.29) is 35.2 Å². The van der Waals surface area contributed by atoms with E-state index in [9.17, 15) is 4.39 Å². The summed E-state index contributed by atoms with van der Waals surface area (Å²) in [5, 5.41) is 10.6. The molecule has 1 aromatic heterocycles. The van der Waals surface area contributed by atoms with Gasteiger partial charge in [0.05, 0.1) is 5.69 Å². The highest BCUT2D eigenvalue weighted by Crippen LogP contribution is 2.47. The maximum absolute atomic E-state index is 13.1. The molecule has 1 aliphatic carbocycles. The Kier molecular flexibility index (Phi) is 6.42. The molecule has 1 aliphatic rings. The van der Waals surface area contributed by atoms with Gasteiger partial charge in [-0.3, -0.25) is 4.99 Å². The van der Waals surface area contributed by atoms with Crippen LogP contribution in [0.5, 0.6) is 0 Å². The van der Waals surface area contributed by atoms with Crippen molar-refractivity contribution in [2.45, 2.75) is 38.6 Å². The number of aryl methyl sites for hydroxylation is 2. The normalized spacial score (nSPS) is 15.4. The van der Waals surface area contributed by atoms with E-state index in [1.54, 1.807) is 7.05 Å². The Morgan fingerprint density at radius 1 is 1.24 bits per heavy atom. The van der Waals surface area contributed by atoms with Crippen LogP contribution in [-0.4, -0.2) is 24.7 Å². The van der Waals surface area contributed by atoms with Gasteiger partial charge in [0, 0.05) is 31.1 Å². The van der Waals surface area contributed by atoms with Crippen LogP contribution in [0.15, 0.2) is 33.8 Å². The molecule has 25 heavy (non-hydrogen) atoms. The van der Waals surface area contributed by atoms with E-state index >= 15 is 0 Å². The summed E-state index contributed by atoms with van der Waals surface area (Å²) >= 11 is 0. The van der Waals surface area contributed by atoms with Crippen molar-refractivity contribution >= 4 is 29.9 Å².